The Labute approximate surface area is 114 Å². The van der Waals surface area contributed by atoms with E-state index in [1.165, 1.54) is 12.1 Å². The summed E-state index contributed by atoms with van der Waals surface area (Å²) in [5, 5.41) is 0.642. The van der Waals surface area contributed by atoms with E-state index >= 15 is 0 Å². The molecular weight excluding hydrogens is 273 g/mol. The molecule has 0 N–H and O–H groups in total. The first-order chi connectivity index (χ1) is 8.88. The molecular formula is C15H12ClF3. The van der Waals surface area contributed by atoms with Crippen LogP contribution in [0, 0.1) is 0 Å². The maximum Gasteiger partial charge on any atom is 0.416 e. The van der Waals surface area contributed by atoms with Crippen LogP contribution < -0.4 is 0 Å². The zero-order valence-electron chi connectivity index (χ0n) is 10.2. The maximum absolute atomic E-state index is 12.5. The molecule has 19 heavy (non-hydrogen) atoms. The van der Waals surface area contributed by atoms with Crippen molar-refractivity contribution in [1.29, 1.82) is 0 Å². The molecule has 0 radical (unpaired) electrons. The van der Waals surface area contributed by atoms with Crippen molar-refractivity contribution >= 4 is 11.6 Å². The Morgan fingerprint density at radius 3 is 1.68 bits per heavy atom. The van der Waals surface area contributed by atoms with Gasteiger partial charge in [0, 0.05) is 10.9 Å². The Kier molecular flexibility index (Phi) is 3.85. The third-order valence-corrected chi connectivity index (χ3v) is 3.36. The Morgan fingerprint density at radius 1 is 0.842 bits per heavy atom. The zero-order valence-corrected chi connectivity index (χ0v) is 11.0. The molecule has 0 aliphatic carbocycles. The number of alkyl halides is 3. The van der Waals surface area contributed by atoms with Gasteiger partial charge in [0.25, 0.3) is 0 Å². The van der Waals surface area contributed by atoms with Crippen molar-refractivity contribution in [2.24, 2.45) is 0 Å². The summed E-state index contributed by atoms with van der Waals surface area (Å²) in [6.45, 7) is 1.95. The van der Waals surface area contributed by atoms with Crippen molar-refractivity contribution in [3.05, 3.63) is 70.2 Å². The Balaban J connectivity index is 2.25. The molecule has 0 saturated carbocycles. The van der Waals surface area contributed by atoms with E-state index in [2.05, 4.69) is 0 Å². The predicted molar refractivity (Wildman–Crippen MR) is 70.4 cm³/mol. The second-order valence-electron chi connectivity index (χ2n) is 4.39. The van der Waals surface area contributed by atoms with E-state index in [0.29, 0.717) is 5.02 Å². The van der Waals surface area contributed by atoms with Crippen LogP contribution in [0.5, 0.6) is 0 Å². The smallest absolute Gasteiger partial charge is 0.166 e. The van der Waals surface area contributed by atoms with Crippen LogP contribution in [0.4, 0.5) is 13.2 Å². The minimum absolute atomic E-state index is 0.0274. The molecule has 4 heteroatoms. The molecule has 0 amide bonds. The molecule has 0 aliphatic heterocycles. The van der Waals surface area contributed by atoms with Crippen LogP contribution in [-0.4, -0.2) is 0 Å². The lowest BCUT2D eigenvalue weighted by molar-refractivity contribution is -0.137. The third-order valence-electron chi connectivity index (χ3n) is 3.11. The third kappa shape index (κ3) is 3.29. The van der Waals surface area contributed by atoms with Gasteiger partial charge in [0.05, 0.1) is 5.56 Å². The highest BCUT2D eigenvalue weighted by atomic mass is 35.5. The van der Waals surface area contributed by atoms with E-state index in [0.717, 1.165) is 23.3 Å². The van der Waals surface area contributed by atoms with Crippen LogP contribution in [-0.2, 0) is 6.18 Å². The molecule has 2 aromatic carbocycles. The molecule has 1 unspecified atom stereocenters. The minimum atomic E-state index is -4.29. The van der Waals surface area contributed by atoms with Gasteiger partial charge in [-0.15, -0.1) is 0 Å². The lowest BCUT2D eigenvalue weighted by Gasteiger charge is -2.14. The fourth-order valence-electron chi connectivity index (χ4n) is 1.90. The zero-order chi connectivity index (χ0) is 14.0. The van der Waals surface area contributed by atoms with Gasteiger partial charge in [0.2, 0.25) is 0 Å². The molecule has 0 bridgehead atoms. The van der Waals surface area contributed by atoms with Gasteiger partial charge in [0.15, 0.2) is 0 Å². The molecule has 2 rings (SSSR count). The summed E-state index contributed by atoms with van der Waals surface area (Å²) in [6, 6.07) is 12.6. The SMILES string of the molecule is CC(c1ccc(Cl)cc1)c1ccc(C(F)(F)F)cc1. The average Bonchev–Trinajstić information content (AvgIpc) is 2.38. The van der Waals surface area contributed by atoms with Crippen LogP contribution >= 0.6 is 11.6 Å². The van der Waals surface area contributed by atoms with E-state index in [9.17, 15) is 13.2 Å². The van der Waals surface area contributed by atoms with Gasteiger partial charge in [-0.3, -0.25) is 0 Å². The highest BCUT2D eigenvalue weighted by Gasteiger charge is 2.30. The second-order valence-corrected chi connectivity index (χ2v) is 4.83. The summed E-state index contributed by atoms with van der Waals surface area (Å²) in [5.41, 5.74) is 1.24. The first-order valence-corrected chi connectivity index (χ1v) is 6.18. The fraction of sp³-hybridized carbons (Fsp3) is 0.200. The van der Waals surface area contributed by atoms with Gasteiger partial charge in [-0.1, -0.05) is 42.8 Å². The highest BCUT2D eigenvalue weighted by Crippen LogP contribution is 2.31. The van der Waals surface area contributed by atoms with E-state index in [1.807, 2.05) is 19.1 Å². The number of halogens is 4. The lowest BCUT2D eigenvalue weighted by Crippen LogP contribution is -2.05. The minimum Gasteiger partial charge on any atom is -0.166 e. The van der Waals surface area contributed by atoms with Crippen LogP contribution in [0.1, 0.15) is 29.5 Å². The highest BCUT2D eigenvalue weighted by molar-refractivity contribution is 6.30. The first-order valence-electron chi connectivity index (χ1n) is 5.80. The Bertz CT molecular complexity index is 541. The monoisotopic (exact) mass is 284 g/mol. The van der Waals surface area contributed by atoms with Gasteiger partial charge in [-0.25, -0.2) is 0 Å². The van der Waals surface area contributed by atoms with E-state index in [1.54, 1.807) is 12.1 Å². The number of benzene rings is 2. The molecule has 1 atom stereocenters. The maximum atomic E-state index is 12.5. The summed E-state index contributed by atoms with van der Waals surface area (Å²) in [7, 11) is 0. The molecule has 0 aliphatic rings. The predicted octanol–water partition coefficient (Wildman–Crippen LogP) is 5.51. The molecule has 0 spiro atoms. The topological polar surface area (TPSA) is 0 Å². The van der Waals surface area contributed by atoms with Crippen molar-refractivity contribution in [2.75, 3.05) is 0 Å². The van der Waals surface area contributed by atoms with Crippen LogP contribution in [0.25, 0.3) is 0 Å². The van der Waals surface area contributed by atoms with Gasteiger partial charge in [-0.05, 0) is 35.4 Å². The van der Waals surface area contributed by atoms with Crippen LogP contribution in [0.3, 0.4) is 0 Å². The molecule has 0 heterocycles. The van der Waals surface area contributed by atoms with Crippen molar-refractivity contribution in [1.82, 2.24) is 0 Å². The fourth-order valence-corrected chi connectivity index (χ4v) is 2.03. The molecule has 2 aromatic rings. The van der Waals surface area contributed by atoms with Gasteiger partial charge < -0.3 is 0 Å². The van der Waals surface area contributed by atoms with Crippen molar-refractivity contribution in [3.8, 4) is 0 Å². The quantitative estimate of drug-likeness (QED) is 0.682. The molecule has 0 fully saturated rings. The van der Waals surface area contributed by atoms with E-state index in [-0.39, 0.29) is 5.92 Å². The van der Waals surface area contributed by atoms with E-state index < -0.39 is 11.7 Å². The summed E-state index contributed by atoms with van der Waals surface area (Å²) >= 11 is 5.81. The summed E-state index contributed by atoms with van der Waals surface area (Å²) in [6.07, 6.45) is -4.29. The van der Waals surface area contributed by atoms with Crippen LogP contribution in [0.15, 0.2) is 48.5 Å². The number of rotatable bonds is 2. The Hall–Kier alpha value is -1.48. The summed E-state index contributed by atoms with van der Waals surface area (Å²) in [4.78, 5) is 0. The van der Waals surface area contributed by atoms with Crippen molar-refractivity contribution < 1.29 is 13.2 Å². The first kappa shape index (κ1) is 13.9. The van der Waals surface area contributed by atoms with Crippen LogP contribution in [0.2, 0.25) is 5.02 Å². The van der Waals surface area contributed by atoms with Crippen molar-refractivity contribution in [3.63, 3.8) is 0 Å². The normalized spacial score (nSPS) is 13.3. The number of hydrogen-bond donors (Lipinski definition) is 0. The summed E-state index contributed by atoms with van der Waals surface area (Å²) in [5.74, 6) is 0.0274. The summed E-state index contributed by atoms with van der Waals surface area (Å²) < 4.78 is 37.4. The largest absolute Gasteiger partial charge is 0.416 e. The molecule has 0 nitrogen and oxygen atoms in total. The lowest BCUT2D eigenvalue weighted by atomic mass is 9.92. The standard InChI is InChI=1S/C15H12ClF3/c1-10(12-4-8-14(16)9-5-12)11-2-6-13(7-3-11)15(17,18)19/h2-10H,1H3. The average molecular weight is 285 g/mol. The van der Waals surface area contributed by atoms with Gasteiger partial charge in [-0.2, -0.15) is 13.2 Å². The number of hydrogen-bond acceptors (Lipinski definition) is 0. The van der Waals surface area contributed by atoms with E-state index in [4.69, 9.17) is 11.6 Å². The van der Waals surface area contributed by atoms with Gasteiger partial charge in [0.1, 0.15) is 0 Å². The molecule has 100 valence electrons. The van der Waals surface area contributed by atoms with Gasteiger partial charge >= 0.3 is 6.18 Å². The molecule has 0 saturated heterocycles. The molecule has 0 aromatic heterocycles. The van der Waals surface area contributed by atoms with Crippen molar-refractivity contribution in [2.45, 2.75) is 19.0 Å². The second kappa shape index (κ2) is 5.25. The Morgan fingerprint density at radius 2 is 1.26 bits per heavy atom.